The predicted molar refractivity (Wildman–Crippen MR) is 57.4 cm³/mol. The first-order valence-corrected chi connectivity index (χ1v) is 5.88. The molecule has 0 aromatic carbocycles. The van der Waals surface area contributed by atoms with Gasteiger partial charge in [0.2, 0.25) is 5.91 Å². The van der Waals surface area contributed by atoms with Crippen molar-refractivity contribution in [2.75, 3.05) is 13.2 Å². The van der Waals surface area contributed by atoms with Gasteiger partial charge in [0, 0.05) is 19.1 Å². The molecule has 0 spiro atoms. The summed E-state index contributed by atoms with van der Waals surface area (Å²) in [5, 5.41) is 3.43. The van der Waals surface area contributed by atoms with Crippen LogP contribution in [0.2, 0.25) is 0 Å². The van der Waals surface area contributed by atoms with Crippen molar-refractivity contribution in [3.8, 4) is 0 Å². The number of ether oxygens (including phenoxy) is 1. The van der Waals surface area contributed by atoms with Crippen LogP contribution in [-0.2, 0) is 9.53 Å². The summed E-state index contributed by atoms with van der Waals surface area (Å²) in [4.78, 5) is 11.5. The van der Waals surface area contributed by atoms with E-state index in [-0.39, 0.29) is 5.91 Å². The largest absolute Gasteiger partial charge is 0.379 e. The Bertz CT molecular complexity index is 231. The zero-order chi connectivity index (χ0) is 10.7. The Morgan fingerprint density at radius 2 is 2.07 bits per heavy atom. The standard InChI is InChI=1S/C11H20N2O2/c12-10(14)11(6-7-15-8-11)13-9-4-2-1-3-5-9/h9,13H,1-8H2,(H2,12,14). The van der Waals surface area contributed by atoms with E-state index in [0.29, 0.717) is 19.3 Å². The van der Waals surface area contributed by atoms with Gasteiger partial charge >= 0.3 is 0 Å². The Morgan fingerprint density at radius 3 is 2.60 bits per heavy atom. The normalized spacial score (nSPS) is 33.1. The molecule has 2 rings (SSSR count). The van der Waals surface area contributed by atoms with Gasteiger partial charge in [-0.3, -0.25) is 10.1 Å². The number of primary amides is 1. The van der Waals surface area contributed by atoms with Crippen LogP contribution >= 0.6 is 0 Å². The fourth-order valence-corrected chi connectivity index (χ4v) is 2.58. The lowest BCUT2D eigenvalue weighted by Crippen LogP contribution is -2.59. The third-order valence-electron chi connectivity index (χ3n) is 3.58. The number of hydrogen-bond donors (Lipinski definition) is 2. The van der Waals surface area contributed by atoms with Gasteiger partial charge in [0.1, 0.15) is 5.54 Å². The lowest BCUT2D eigenvalue weighted by molar-refractivity contribution is -0.124. The summed E-state index contributed by atoms with van der Waals surface area (Å²) in [6.45, 7) is 1.08. The number of nitrogens with two attached hydrogens (primary N) is 1. The average molecular weight is 212 g/mol. The van der Waals surface area contributed by atoms with Gasteiger partial charge in [0.15, 0.2) is 0 Å². The summed E-state index contributed by atoms with van der Waals surface area (Å²) in [5.41, 5.74) is 4.89. The van der Waals surface area contributed by atoms with E-state index in [1.165, 1.54) is 19.3 Å². The number of amides is 1. The van der Waals surface area contributed by atoms with E-state index in [0.717, 1.165) is 19.3 Å². The number of rotatable bonds is 3. The highest BCUT2D eigenvalue weighted by molar-refractivity contribution is 5.85. The molecule has 1 atom stereocenters. The molecule has 2 fully saturated rings. The lowest BCUT2D eigenvalue weighted by Gasteiger charge is -2.33. The summed E-state index contributed by atoms with van der Waals surface area (Å²) < 4.78 is 5.30. The van der Waals surface area contributed by atoms with Crippen LogP contribution < -0.4 is 11.1 Å². The predicted octanol–water partition coefficient (Wildman–Crippen LogP) is 0.553. The highest BCUT2D eigenvalue weighted by Crippen LogP contribution is 2.24. The van der Waals surface area contributed by atoms with Crippen LogP contribution in [0.4, 0.5) is 0 Å². The van der Waals surface area contributed by atoms with Gasteiger partial charge in [0.25, 0.3) is 0 Å². The van der Waals surface area contributed by atoms with Crippen LogP contribution in [0, 0.1) is 0 Å². The first-order valence-electron chi connectivity index (χ1n) is 5.88. The maximum absolute atomic E-state index is 11.5. The number of hydrogen-bond acceptors (Lipinski definition) is 3. The Labute approximate surface area is 90.5 Å². The van der Waals surface area contributed by atoms with Crippen LogP contribution in [0.25, 0.3) is 0 Å². The Kier molecular flexibility index (Phi) is 3.26. The summed E-state index contributed by atoms with van der Waals surface area (Å²) in [6, 6.07) is 0.452. The van der Waals surface area contributed by atoms with Crippen molar-refractivity contribution in [2.24, 2.45) is 5.73 Å². The Morgan fingerprint density at radius 1 is 1.33 bits per heavy atom. The topological polar surface area (TPSA) is 64.4 Å². The highest BCUT2D eigenvalue weighted by Gasteiger charge is 2.42. The van der Waals surface area contributed by atoms with E-state index in [9.17, 15) is 4.79 Å². The smallest absolute Gasteiger partial charge is 0.240 e. The molecule has 0 bridgehead atoms. The van der Waals surface area contributed by atoms with Gasteiger partial charge in [-0.1, -0.05) is 19.3 Å². The molecule has 1 aliphatic carbocycles. The molecule has 1 saturated carbocycles. The second kappa shape index (κ2) is 4.49. The van der Waals surface area contributed by atoms with Crippen molar-refractivity contribution >= 4 is 5.91 Å². The van der Waals surface area contributed by atoms with E-state index in [1.807, 2.05) is 0 Å². The van der Waals surface area contributed by atoms with Crippen molar-refractivity contribution in [1.29, 1.82) is 0 Å². The summed E-state index contributed by atoms with van der Waals surface area (Å²) in [5.74, 6) is -0.259. The molecule has 1 aliphatic heterocycles. The van der Waals surface area contributed by atoms with E-state index in [2.05, 4.69) is 5.32 Å². The molecule has 15 heavy (non-hydrogen) atoms. The van der Waals surface area contributed by atoms with E-state index in [4.69, 9.17) is 10.5 Å². The van der Waals surface area contributed by atoms with E-state index >= 15 is 0 Å². The molecule has 1 unspecified atom stereocenters. The Balaban J connectivity index is 1.96. The van der Waals surface area contributed by atoms with Gasteiger partial charge in [-0.05, 0) is 12.8 Å². The van der Waals surface area contributed by atoms with Gasteiger partial charge in [-0.2, -0.15) is 0 Å². The highest BCUT2D eigenvalue weighted by atomic mass is 16.5. The summed E-state index contributed by atoms with van der Waals surface area (Å²) >= 11 is 0. The number of nitrogens with one attached hydrogen (secondary N) is 1. The van der Waals surface area contributed by atoms with Crippen LogP contribution in [0.3, 0.4) is 0 Å². The van der Waals surface area contributed by atoms with Gasteiger partial charge < -0.3 is 10.5 Å². The third-order valence-corrected chi connectivity index (χ3v) is 3.58. The van der Waals surface area contributed by atoms with Crippen molar-refractivity contribution in [3.05, 3.63) is 0 Å². The van der Waals surface area contributed by atoms with Gasteiger partial charge in [-0.25, -0.2) is 0 Å². The maximum atomic E-state index is 11.5. The molecule has 1 saturated heterocycles. The lowest BCUT2D eigenvalue weighted by atomic mass is 9.90. The molecule has 2 aliphatic rings. The molecule has 1 amide bonds. The minimum absolute atomic E-state index is 0.259. The number of carbonyl (C=O) groups is 1. The number of carbonyl (C=O) groups excluding carboxylic acids is 1. The second-order valence-corrected chi connectivity index (χ2v) is 4.73. The molecular weight excluding hydrogens is 192 g/mol. The molecule has 4 nitrogen and oxygen atoms in total. The van der Waals surface area contributed by atoms with Crippen molar-refractivity contribution in [3.63, 3.8) is 0 Å². The van der Waals surface area contributed by atoms with Crippen LogP contribution in [0.15, 0.2) is 0 Å². The van der Waals surface area contributed by atoms with Crippen LogP contribution in [0.5, 0.6) is 0 Å². The maximum Gasteiger partial charge on any atom is 0.240 e. The molecular formula is C11H20N2O2. The minimum Gasteiger partial charge on any atom is -0.379 e. The SMILES string of the molecule is NC(=O)C1(NC2CCCCC2)CCOC1. The summed E-state index contributed by atoms with van der Waals surface area (Å²) in [7, 11) is 0. The van der Waals surface area contributed by atoms with Crippen LogP contribution in [0.1, 0.15) is 38.5 Å². The monoisotopic (exact) mass is 212 g/mol. The fourth-order valence-electron chi connectivity index (χ4n) is 2.58. The zero-order valence-electron chi connectivity index (χ0n) is 9.13. The van der Waals surface area contributed by atoms with E-state index in [1.54, 1.807) is 0 Å². The molecule has 4 heteroatoms. The molecule has 0 aromatic rings. The van der Waals surface area contributed by atoms with Gasteiger partial charge in [-0.15, -0.1) is 0 Å². The van der Waals surface area contributed by atoms with Crippen molar-refractivity contribution in [1.82, 2.24) is 5.32 Å². The molecule has 1 heterocycles. The second-order valence-electron chi connectivity index (χ2n) is 4.73. The average Bonchev–Trinajstić information content (AvgIpc) is 2.69. The zero-order valence-corrected chi connectivity index (χ0v) is 9.13. The molecule has 3 N–H and O–H groups in total. The fraction of sp³-hybridized carbons (Fsp3) is 0.909. The van der Waals surface area contributed by atoms with Gasteiger partial charge in [0.05, 0.1) is 6.61 Å². The van der Waals surface area contributed by atoms with Crippen LogP contribution in [-0.4, -0.2) is 30.7 Å². The third kappa shape index (κ3) is 2.32. The quantitative estimate of drug-likeness (QED) is 0.718. The van der Waals surface area contributed by atoms with Crippen molar-refractivity contribution in [2.45, 2.75) is 50.1 Å². The first-order chi connectivity index (χ1) is 7.23. The summed E-state index contributed by atoms with van der Waals surface area (Å²) in [6.07, 6.45) is 6.88. The molecule has 0 radical (unpaired) electrons. The minimum atomic E-state index is -0.581. The van der Waals surface area contributed by atoms with Crippen molar-refractivity contribution < 1.29 is 9.53 Å². The Hall–Kier alpha value is -0.610. The first kappa shape index (κ1) is 10.9. The van der Waals surface area contributed by atoms with E-state index < -0.39 is 5.54 Å². The molecule has 0 aromatic heterocycles. The molecule has 86 valence electrons.